The van der Waals surface area contributed by atoms with E-state index in [1.807, 2.05) is 29.7 Å². The second-order valence-electron chi connectivity index (χ2n) is 6.03. The maximum atomic E-state index is 12.9. The van der Waals surface area contributed by atoms with E-state index < -0.39 is 9.84 Å². The van der Waals surface area contributed by atoms with E-state index >= 15 is 0 Å². The molecule has 0 N–H and O–H groups in total. The number of nitrogens with zero attached hydrogens (tertiary/aromatic N) is 2. The zero-order chi connectivity index (χ0) is 20.3. The molecular formula is C20H20N2O3S3. The molecule has 0 aliphatic rings. The molecule has 2 aromatic carbocycles. The summed E-state index contributed by atoms with van der Waals surface area (Å²) >= 11 is 2.89. The number of amides is 1. The summed E-state index contributed by atoms with van der Waals surface area (Å²) in [6, 6.07) is 12.4. The molecule has 8 heteroatoms. The number of sulfone groups is 1. The minimum absolute atomic E-state index is 0.245. The Hall–Kier alpha value is -2.16. The van der Waals surface area contributed by atoms with E-state index in [4.69, 9.17) is 0 Å². The van der Waals surface area contributed by atoms with Crippen LogP contribution in [0.4, 0.5) is 0 Å². The van der Waals surface area contributed by atoms with Crippen LogP contribution in [0.5, 0.6) is 0 Å². The minimum atomic E-state index is -3.31. The Morgan fingerprint density at radius 2 is 2.04 bits per heavy atom. The standard InChI is InChI=1S/C20H20N2O3S3/c1-4-12-22-16-11-10-14(28(3,24)25)13-18(16)27-20(22)21-19(23)15-8-6-7-9-17(15)26-5-2/h4,6-11,13H,1,5,12H2,2-3H3. The van der Waals surface area contributed by atoms with Crippen LogP contribution in [-0.4, -0.2) is 30.9 Å². The van der Waals surface area contributed by atoms with Gasteiger partial charge in [-0.2, -0.15) is 4.99 Å². The van der Waals surface area contributed by atoms with Gasteiger partial charge < -0.3 is 4.57 Å². The molecule has 0 spiro atoms. The van der Waals surface area contributed by atoms with Crippen molar-refractivity contribution >= 4 is 49.1 Å². The highest BCUT2D eigenvalue weighted by atomic mass is 32.2. The normalized spacial score (nSPS) is 12.4. The number of hydrogen-bond acceptors (Lipinski definition) is 5. The third-order valence-electron chi connectivity index (χ3n) is 4.01. The molecule has 146 valence electrons. The quantitative estimate of drug-likeness (QED) is 0.434. The van der Waals surface area contributed by atoms with E-state index in [-0.39, 0.29) is 10.8 Å². The van der Waals surface area contributed by atoms with Crippen LogP contribution in [0, 0.1) is 0 Å². The van der Waals surface area contributed by atoms with E-state index in [0.717, 1.165) is 20.9 Å². The van der Waals surface area contributed by atoms with Gasteiger partial charge >= 0.3 is 0 Å². The number of carbonyl (C=O) groups excluding carboxylic acids is 1. The maximum Gasteiger partial charge on any atom is 0.280 e. The van der Waals surface area contributed by atoms with Crippen LogP contribution >= 0.6 is 23.1 Å². The van der Waals surface area contributed by atoms with Crippen LogP contribution in [0.3, 0.4) is 0 Å². The van der Waals surface area contributed by atoms with E-state index in [1.54, 1.807) is 42.1 Å². The third-order valence-corrected chi connectivity index (χ3v) is 7.12. The monoisotopic (exact) mass is 432 g/mol. The van der Waals surface area contributed by atoms with Crippen LogP contribution < -0.4 is 4.80 Å². The number of allylic oxidation sites excluding steroid dienone is 1. The first-order valence-corrected chi connectivity index (χ1v) is 12.3. The lowest BCUT2D eigenvalue weighted by Gasteiger charge is -2.04. The molecule has 3 aromatic rings. The van der Waals surface area contributed by atoms with Crippen molar-refractivity contribution in [1.82, 2.24) is 4.57 Å². The molecule has 1 amide bonds. The van der Waals surface area contributed by atoms with Crippen LogP contribution in [0.1, 0.15) is 17.3 Å². The Morgan fingerprint density at radius 3 is 2.71 bits per heavy atom. The largest absolute Gasteiger partial charge is 0.312 e. The number of fused-ring (bicyclic) bond motifs is 1. The molecule has 0 radical (unpaired) electrons. The number of benzene rings is 2. The molecule has 0 saturated carbocycles. The maximum absolute atomic E-state index is 12.9. The summed E-state index contributed by atoms with van der Waals surface area (Å²) in [5.74, 6) is 0.544. The number of rotatable bonds is 6. The highest BCUT2D eigenvalue weighted by Gasteiger charge is 2.14. The van der Waals surface area contributed by atoms with Gasteiger partial charge in [-0.1, -0.05) is 36.5 Å². The van der Waals surface area contributed by atoms with Gasteiger partial charge in [0.05, 0.1) is 20.7 Å². The number of hydrogen-bond donors (Lipinski definition) is 0. The molecule has 3 rings (SSSR count). The predicted octanol–water partition coefficient (Wildman–Crippen LogP) is 4.15. The molecule has 0 unspecified atom stereocenters. The van der Waals surface area contributed by atoms with Gasteiger partial charge in [0.25, 0.3) is 5.91 Å². The highest BCUT2D eigenvalue weighted by molar-refractivity contribution is 7.99. The Bertz CT molecular complexity index is 1220. The van der Waals surface area contributed by atoms with Gasteiger partial charge in [-0.3, -0.25) is 4.79 Å². The van der Waals surface area contributed by atoms with Gasteiger partial charge in [-0.25, -0.2) is 8.42 Å². The summed E-state index contributed by atoms with van der Waals surface area (Å²) in [7, 11) is -3.31. The number of aromatic nitrogens is 1. The van der Waals surface area contributed by atoms with Crippen molar-refractivity contribution in [3.8, 4) is 0 Å². The SMILES string of the molecule is C=CCn1c(=NC(=O)c2ccccc2SCC)sc2cc(S(C)(=O)=O)ccc21. The zero-order valence-electron chi connectivity index (χ0n) is 15.6. The van der Waals surface area contributed by atoms with Crippen molar-refractivity contribution in [1.29, 1.82) is 0 Å². The summed E-state index contributed by atoms with van der Waals surface area (Å²) < 4.78 is 26.3. The van der Waals surface area contributed by atoms with Gasteiger partial charge in [0.1, 0.15) is 0 Å². The van der Waals surface area contributed by atoms with E-state index in [1.165, 1.54) is 17.6 Å². The Kier molecular flexibility index (Phi) is 6.22. The fourth-order valence-corrected chi connectivity index (χ4v) is 5.34. The average molecular weight is 433 g/mol. The summed E-state index contributed by atoms with van der Waals surface area (Å²) in [4.78, 5) is 18.9. The smallest absolute Gasteiger partial charge is 0.280 e. The molecule has 28 heavy (non-hydrogen) atoms. The lowest BCUT2D eigenvalue weighted by atomic mass is 10.2. The zero-order valence-corrected chi connectivity index (χ0v) is 18.0. The fraction of sp³-hybridized carbons (Fsp3) is 0.200. The lowest BCUT2D eigenvalue weighted by Crippen LogP contribution is -2.16. The minimum Gasteiger partial charge on any atom is -0.312 e. The van der Waals surface area contributed by atoms with Crippen molar-refractivity contribution < 1.29 is 13.2 Å². The van der Waals surface area contributed by atoms with Gasteiger partial charge in [-0.05, 0) is 36.1 Å². The molecule has 1 heterocycles. The molecule has 0 saturated heterocycles. The first kappa shape index (κ1) is 20.6. The van der Waals surface area contributed by atoms with Crippen molar-refractivity contribution in [2.24, 2.45) is 4.99 Å². The van der Waals surface area contributed by atoms with E-state index in [2.05, 4.69) is 11.6 Å². The summed E-state index contributed by atoms with van der Waals surface area (Å²) in [5.41, 5.74) is 1.38. The van der Waals surface area contributed by atoms with Crippen LogP contribution in [0.25, 0.3) is 10.2 Å². The number of carbonyl (C=O) groups is 1. The van der Waals surface area contributed by atoms with Gasteiger partial charge in [0.2, 0.25) is 0 Å². The van der Waals surface area contributed by atoms with Gasteiger partial charge in [0, 0.05) is 17.7 Å². The molecular weight excluding hydrogens is 412 g/mol. The Morgan fingerprint density at radius 1 is 1.29 bits per heavy atom. The number of thiazole rings is 1. The molecule has 5 nitrogen and oxygen atoms in total. The van der Waals surface area contributed by atoms with Crippen molar-refractivity contribution in [2.45, 2.75) is 23.3 Å². The fourth-order valence-electron chi connectivity index (χ4n) is 2.75. The molecule has 0 aliphatic heterocycles. The average Bonchev–Trinajstić information content (AvgIpc) is 2.98. The molecule has 0 fully saturated rings. The number of thioether (sulfide) groups is 1. The molecule has 1 aromatic heterocycles. The summed E-state index contributed by atoms with van der Waals surface area (Å²) in [6.45, 7) is 6.28. The van der Waals surface area contributed by atoms with Crippen LogP contribution in [0.15, 0.2) is 69.9 Å². The first-order valence-electron chi connectivity index (χ1n) is 8.60. The third kappa shape index (κ3) is 4.29. The summed E-state index contributed by atoms with van der Waals surface area (Å²) in [5, 5.41) is 0. The van der Waals surface area contributed by atoms with Gasteiger partial charge in [0.15, 0.2) is 14.6 Å². The second-order valence-corrected chi connectivity index (χ2v) is 10.4. The molecule has 0 atom stereocenters. The van der Waals surface area contributed by atoms with Crippen LogP contribution in [0.2, 0.25) is 0 Å². The highest BCUT2D eigenvalue weighted by Crippen LogP contribution is 2.24. The van der Waals surface area contributed by atoms with E-state index in [0.29, 0.717) is 16.9 Å². The van der Waals surface area contributed by atoms with Crippen molar-refractivity contribution in [3.05, 3.63) is 65.5 Å². The molecule has 0 bridgehead atoms. The lowest BCUT2D eigenvalue weighted by molar-refractivity contribution is 0.0995. The second kappa shape index (κ2) is 8.46. The topological polar surface area (TPSA) is 68.5 Å². The Labute approximate surface area is 172 Å². The first-order chi connectivity index (χ1) is 13.3. The predicted molar refractivity (Wildman–Crippen MR) is 116 cm³/mol. The van der Waals surface area contributed by atoms with Gasteiger partial charge in [-0.15, -0.1) is 18.3 Å². The summed E-state index contributed by atoms with van der Waals surface area (Å²) in [6.07, 6.45) is 2.90. The van der Waals surface area contributed by atoms with E-state index in [9.17, 15) is 13.2 Å². The van der Waals surface area contributed by atoms with Crippen molar-refractivity contribution in [2.75, 3.05) is 12.0 Å². The molecule has 0 aliphatic carbocycles. The Balaban J connectivity index is 2.17. The van der Waals surface area contributed by atoms with Crippen LogP contribution in [-0.2, 0) is 16.4 Å². The van der Waals surface area contributed by atoms with Crippen molar-refractivity contribution in [3.63, 3.8) is 0 Å².